The summed E-state index contributed by atoms with van der Waals surface area (Å²) in [6, 6.07) is 6.95. The van der Waals surface area contributed by atoms with Crippen LogP contribution in [0.25, 0.3) is 10.1 Å². The molecule has 1 aliphatic rings. The molecule has 1 saturated carbocycles. The quantitative estimate of drug-likeness (QED) is 0.878. The van der Waals surface area contributed by atoms with Crippen LogP contribution >= 0.6 is 11.3 Å². The molecule has 0 spiro atoms. The maximum atomic E-state index is 5.46. The molecule has 0 unspecified atom stereocenters. The summed E-state index contributed by atoms with van der Waals surface area (Å²) in [6.45, 7) is 1.60. The van der Waals surface area contributed by atoms with Gasteiger partial charge in [0, 0.05) is 35.5 Å². The van der Waals surface area contributed by atoms with Crippen LogP contribution < -0.4 is 10.1 Å². The van der Waals surface area contributed by atoms with E-state index in [-0.39, 0.29) is 0 Å². The molecule has 1 N–H and O–H groups in total. The lowest BCUT2D eigenvalue weighted by Crippen LogP contribution is -2.15. The van der Waals surface area contributed by atoms with Crippen molar-refractivity contribution in [2.45, 2.75) is 32.0 Å². The van der Waals surface area contributed by atoms with Crippen LogP contribution in [-0.4, -0.2) is 20.3 Å². The Hall–Kier alpha value is -1.10. The van der Waals surface area contributed by atoms with Gasteiger partial charge in [0.1, 0.15) is 5.75 Å². The van der Waals surface area contributed by atoms with Gasteiger partial charge in [-0.25, -0.2) is 0 Å². The molecular weight excluding hydrogens is 258 g/mol. The molecule has 0 aliphatic heterocycles. The van der Waals surface area contributed by atoms with Crippen LogP contribution in [-0.2, 0) is 17.9 Å². The number of fused-ring (bicyclic) bond motifs is 1. The third-order valence-corrected chi connectivity index (χ3v) is 4.77. The minimum Gasteiger partial charge on any atom is -0.495 e. The molecule has 1 heterocycles. The lowest BCUT2D eigenvalue weighted by molar-refractivity contribution is 0.185. The average Bonchev–Trinajstić information content (AvgIpc) is 3.20. The van der Waals surface area contributed by atoms with Gasteiger partial charge in [-0.15, -0.1) is 11.3 Å². The van der Waals surface area contributed by atoms with E-state index < -0.39 is 0 Å². The van der Waals surface area contributed by atoms with Crippen molar-refractivity contribution in [2.75, 3.05) is 14.2 Å². The van der Waals surface area contributed by atoms with Crippen molar-refractivity contribution in [3.05, 3.63) is 28.6 Å². The second-order valence-corrected chi connectivity index (χ2v) is 6.03. The Labute approximate surface area is 117 Å². The molecule has 1 aromatic carbocycles. The second-order valence-electron chi connectivity index (χ2n) is 4.93. The normalized spacial score (nSPS) is 15.1. The van der Waals surface area contributed by atoms with Gasteiger partial charge in [0.2, 0.25) is 0 Å². The summed E-state index contributed by atoms with van der Waals surface area (Å²) in [5, 5.41) is 4.85. The zero-order valence-electron chi connectivity index (χ0n) is 11.4. The highest BCUT2D eigenvalue weighted by Crippen LogP contribution is 2.38. The van der Waals surface area contributed by atoms with Crippen LogP contribution in [0.15, 0.2) is 18.2 Å². The summed E-state index contributed by atoms with van der Waals surface area (Å²) < 4.78 is 12.1. The highest BCUT2D eigenvalue weighted by molar-refractivity contribution is 7.19. The van der Waals surface area contributed by atoms with Crippen molar-refractivity contribution in [1.29, 1.82) is 0 Å². The Morgan fingerprint density at radius 2 is 2.16 bits per heavy atom. The molecule has 1 aromatic heterocycles. The van der Waals surface area contributed by atoms with Gasteiger partial charge >= 0.3 is 0 Å². The highest BCUT2D eigenvalue weighted by atomic mass is 32.1. The maximum absolute atomic E-state index is 5.46. The number of ether oxygens (including phenoxy) is 2. The first kappa shape index (κ1) is 12.9. The van der Waals surface area contributed by atoms with Crippen LogP contribution in [0.5, 0.6) is 5.75 Å². The van der Waals surface area contributed by atoms with Crippen molar-refractivity contribution < 1.29 is 9.47 Å². The van der Waals surface area contributed by atoms with Gasteiger partial charge in [-0.1, -0.05) is 12.1 Å². The Bertz CT molecular complexity index is 575. The topological polar surface area (TPSA) is 30.5 Å². The standard InChI is InChI=1S/C15H19NO2S/c1-17-9-12-11-4-3-5-13(18-2)15(11)19-14(12)8-16-10-6-7-10/h3-5,10,16H,6-9H2,1-2H3. The van der Waals surface area contributed by atoms with Crippen LogP contribution in [0, 0.1) is 0 Å². The second kappa shape index (κ2) is 5.49. The predicted molar refractivity (Wildman–Crippen MR) is 79.0 cm³/mol. The molecule has 102 valence electrons. The first-order valence-electron chi connectivity index (χ1n) is 6.63. The van der Waals surface area contributed by atoms with Gasteiger partial charge in [-0.2, -0.15) is 0 Å². The summed E-state index contributed by atoms with van der Waals surface area (Å²) in [5.74, 6) is 0.956. The number of hydrogen-bond donors (Lipinski definition) is 1. The lowest BCUT2D eigenvalue weighted by Gasteiger charge is -2.05. The van der Waals surface area contributed by atoms with Gasteiger partial charge in [0.05, 0.1) is 18.4 Å². The fourth-order valence-electron chi connectivity index (χ4n) is 2.32. The van der Waals surface area contributed by atoms with Crippen LogP contribution in [0.1, 0.15) is 23.3 Å². The molecule has 3 nitrogen and oxygen atoms in total. The van der Waals surface area contributed by atoms with Crippen molar-refractivity contribution in [2.24, 2.45) is 0 Å². The van der Waals surface area contributed by atoms with Crippen LogP contribution in [0.3, 0.4) is 0 Å². The zero-order chi connectivity index (χ0) is 13.2. The van der Waals surface area contributed by atoms with E-state index in [1.54, 1.807) is 14.2 Å². The van der Waals surface area contributed by atoms with Crippen molar-refractivity contribution in [3.63, 3.8) is 0 Å². The smallest absolute Gasteiger partial charge is 0.136 e. The summed E-state index contributed by atoms with van der Waals surface area (Å²) in [7, 11) is 3.48. The molecule has 3 rings (SSSR count). The molecule has 19 heavy (non-hydrogen) atoms. The summed E-state index contributed by atoms with van der Waals surface area (Å²) in [4.78, 5) is 1.37. The minimum absolute atomic E-state index is 0.662. The van der Waals surface area contributed by atoms with E-state index >= 15 is 0 Å². The average molecular weight is 277 g/mol. The molecule has 4 heteroatoms. The Morgan fingerprint density at radius 3 is 2.84 bits per heavy atom. The monoisotopic (exact) mass is 277 g/mol. The Kier molecular flexibility index (Phi) is 3.73. The van der Waals surface area contributed by atoms with Gasteiger partial charge < -0.3 is 14.8 Å². The minimum atomic E-state index is 0.662. The highest BCUT2D eigenvalue weighted by Gasteiger charge is 2.22. The number of benzene rings is 1. The van der Waals surface area contributed by atoms with Gasteiger partial charge in [0.15, 0.2) is 0 Å². The summed E-state index contributed by atoms with van der Waals surface area (Å²) in [5.41, 5.74) is 1.30. The fourth-order valence-corrected chi connectivity index (χ4v) is 3.57. The maximum Gasteiger partial charge on any atom is 0.136 e. The van der Waals surface area contributed by atoms with Gasteiger partial charge in [0.25, 0.3) is 0 Å². The number of nitrogens with one attached hydrogen (secondary N) is 1. The van der Waals surface area contributed by atoms with E-state index in [2.05, 4.69) is 11.4 Å². The van der Waals surface area contributed by atoms with E-state index in [0.717, 1.165) is 18.3 Å². The molecular formula is C15H19NO2S. The molecule has 1 aliphatic carbocycles. The SMILES string of the molecule is COCc1c(CNC2CC2)sc2c(OC)cccc12. The van der Waals surface area contributed by atoms with Gasteiger partial charge in [-0.05, 0) is 18.9 Å². The molecule has 0 atom stereocenters. The van der Waals surface area contributed by atoms with Crippen molar-refractivity contribution in [1.82, 2.24) is 5.32 Å². The van der Waals surface area contributed by atoms with E-state index in [9.17, 15) is 0 Å². The van der Waals surface area contributed by atoms with Crippen molar-refractivity contribution >= 4 is 21.4 Å². The summed E-state index contributed by atoms with van der Waals surface area (Å²) in [6.07, 6.45) is 2.63. The Morgan fingerprint density at radius 1 is 1.32 bits per heavy atom. The van der Waals surface area contributed by atoms with E-state index in [4.69, 9.17) is 9.47 Å². The number of methoxy groups -OCH3 is 2. The fraction of sp³-hybridized carbons (Fsp3) is 0.467. The molecule has 0 radical (unpaired) electrons. The largest absolute Gasteiger partial charge is 0.495 e. The van der Waals surface area contributed by atoms with E-state index in [1.165, 1.54) is 33.4 Å². The number of hydrogen-bond acceptors (Lipinski definition) is 4. The molecule has 0 bridgehead atoms. The molecule has 2 aromatic rings. The van der Waals surface area contributed by atoms with Crippen LogP contribution in [0.4, 0.5) is 0 Å². The predicted octanol–water partition coefficient (Wildman–Crippen LogP) is 3.31. The molecule has 1 fully saturated rings. The third kappa shape index (κ3) is 2.61. The lowest BCUT2D eigenvalue weighted by atomic mass is 10.1. The third-order valence-electron chi connectivity index (χ3n) is 3.50. The van der Waals surface area contributed by atoms with E-state index in [0.29, 0.717) is 6.61 Å². The van der Waals surface area contributed by atoms with Gasteiger partial charge in [-0.3, -0.25) is 0 Å². The number of rotatable bonds is 6. The van der Waals surface area contributed by atoms with Crippen molar-refractivity contribution in [3.8, 4) is 5.75 Å². The first-order valence-corrected chi connectivity index (χ1v) is 7.44. The summed E-state index contributed by atoms with van der Waals surface area (Å²) >= 11 is 1.82. The molecule has 0 amide bonds. The first-order chi connectivity index (χ1) is 9.33. The molecule has 0 saturated heterocycles. The zero-order valence-corrected chi connectivity index (χ0v) is 12.2. The van der Waals surface area contributed by atoms with Crippen LogP contribution in [0.2, 0.25) is 0 Å². The van der Waals surface area contributed by atoms with E-state index in [1.807, 2.05) is 23.5 Å². The Balaban J connectivity index is 1.99. The number of thiophene rings is 1.